The Labute approximate surface area is 88.8 Å². The number of hydrogen-bond donors (Lipinski definition) is 0. The van der Waals surface area contributed by atoms with Crippen LogP contribution < -0.4 is 4.74 Å². The number of benzene rings is 1. The van der Waals surface area contributed by atoms with Crippen LogP contribution >= 0.6 is 0 Å². The maximum atomic E-state index is 5.31. The van der Waals surface area contributed by atoms with Crippen LogP contribution in [0.5, 0.6) is 5.75 Å². The Bertz CT molecular complexity index is 454. The highest BCUT2D eigenvalue weighted by atomic mass is 16.5. The van der Waals surface area contributed by atoms with Gasteiger partial charge in [0.25, 0.3) is 0 Å². The zero-order valence-electron chi connectivity index (χ0n) is 8.77. The van der Waals surface area contributed by atoms with Gasteiger partial charge < -0.3 is 4.74 Å². The van der Waals surface area contributed by atoms with Gasteiger partial charge in [-0.25, -0.2) is 0 Å². The van der Waals surface area contributed by atoms with E-state index >= 15 is 0 Å². The van der Waals surface area contributed by atoms with Crippen molar-refractivity contribution in [2.24, 2.45) is 0 Å². The van der Waals surface area contributed by atoms with Crippen LogP contribution in [0.25, 0.3) is 11.3 Å². The fraction of sp³-hybridized carbons (Fsp3) is 0.167. The molecule has 0 unspecified atom stereocenters. The van der Waals surface area contributed by atoms with Crippen molar-refractivity contribution in [3.63, 3.8) is 0 Å². The zero-order chi connectivity index (χ0) is 10.7. The molecule has 0 saturated heterocycles. The smallest absolute Gasteiger partial charge is 0.128 e. The number of rotatable bonds is 2. The van der Waals surface area contributed by atoms with E-state index in [0.717, 1.165) is 22.6 Å². The average Bonchev–Trinajstić information content (AvgIpc) is 2.29. The summed E-state index contributed by atoms with van der Waals surface area (Å²) in [5, 5.41) is 0. The summed E-state index contributed by atoms with van der Waals surface area (Å²) in [7, 11) is 1.66. The first kappa shape index (κ1) is 9.65. The summed E-state index contributed by atoms with van der Waals surface area (Å²) in [4.78, 5) is 8.34. The minimum atomic E-state index is 0.829. The average molecular weight is 200 g/mol. The SMILES string of the molecule is COc1cccc(C)c1-c1cnccn1. The van der Waals surface area contributed by atoms with Crippen molar-refractivity contribution in [1.82, 2.24) is 9.97 Å². The Kier molecular flexibility index (Phi) is 2.63. The highest BCUT2D eigenvalue weighted by Gasteiger charge is 2.09. The molecule has 2 aromatic rings. The van der Waals surface area contributed by atoms with Crippen molar-refractivity contribution in [3.05, 3.63) is 42.4 Å². The number of aryl methyl sites for hydroxylation is 1. The van der Waals surface area contributed by atoms with Crippen molar-refractivity contribution < 1.29 is 4.74 Å². The first-order valence-electron chi connectivity index (χ1n) is 4.73. The molecule has 1 aromatic heterocycles. The molecule has 0 fully saturated rings. The van der Waals surface area contributed by atoms with Gasteiger partial charge in [-0.15, -0.1) is 0 Å². The van der Waals surface area contributed by atoms with Gasteiger partial charge in [0.1, 0.15) is 5.75 Å². The van der Waals surface area contributed by atoms with Gasteiger partial charge in [-0.1, -0.05) is 12.1 Å². The molecule has 76 valence electrons. The Morgan fingerprint density at radius 3 is 2.73 bits per heavy atom. The van der Waals surface area contributed by atoms with E-state index in [-0.39, 0.29) is 0 Å². The topological polar surface area (TPSA) is 35.0 Å². The van der Waals surface area contributed by atoms with E-state index in [1.807, 2.05) is 25.1 Å². The number of ether oxygens (including phenoxy) is 1. The standard InChI is InChI=1S/C12H12N2O/c1-9-4-3-5-11(15-2)12(9)10-8-13-6-7-14-10/h3-8H,1-2H3. The third kappa shape index (κ3) is 1.81. The van der Waals surface area contributed by atoms with E-state index in [4.69, 9.17) is 4.74 Å². The minimum Gasteiger partial charge on any atom is -0.496 e. The van der Waals surface area contributed by atoms with Crippen molar-refractivity contribution in [1.29, 1.82) is 0 Å². The van der Waals surface area contributed by atoms with Gasteiger partial charge in [-0.2, -0.15) is 0 Å². The summed E-state index contributed by atoms with van der Waals surface area (Å²) in [5.41, 5.74) is 2.98. The molecule has 3 nitrogen and oxygen atoms in total. The van der Waals surface area contributed by atoms with Crippen molar-refractivity contribution >= 4 is 0 Å². The van der Waals surface area contributed by atoms with Gasteiger partial charge >= 0.3 is 0 Å². The highest BCUT2D eigenvalue weighted by Crippen LogP contribution is 2.30. The lowest BCUT2D eigenvalue weighted by atomic mass is 10.1. The number of methoxy groups -OCH3 is 1. The minimum absolute atomic E-state index is 0.829. The second kappa shape index (κ2) is 4.09. The monoisotopic (exact) mass is 200 g/mol. The molecule has 0 amide bonds. The molecule has 0 bridgehead atoms. The van der Waals surface area contributed by atoms with Gasteiger partial charge in [0.2, 0.25) is 0 Å². The third-order valence-corrected chi connectivity index (χ3v) is 2.27. The first-order valence-corrected chi connectivity index (χ1v) is 4.73. The lowest BCUT2D eigenvalue weighted by Crippen LogP contribution is -1.93. The van der Waals surface area contributed by atoms with Gasteiger partial charge in [0, 0.05) is 18.0 Å². The molecule has 0 aliphatic rings. The number of nitrogens with zero attached hydrogens (tertiary/aromatic N) is 2. The van der Waals surface area contributed by atoms with E-state index in [1.165, 1.54) is 0 Å². The van der Waals surface area contributed by atoms with Crippen LogP contribution in [-0.4, -0.2) is 17.1 Å². The molecular formula is C12H12N2O. The summed E-state index contributed by atoms with van der Waals surface area (Å²) in [5.74, 6) is 0.829. The van der Waals surface area contributed by atoms with E-state index < -0.39 is 0 Å². The summed E-state index contributed by atoms with van der Waals surface area (Å²) < 4.78 is 5.31. The van der Waals surface area contributed by atoms with Crippen LogP contribution in [0.1, 0.15) is 5.56 Å². The van der Waals surface area contributed by atoms with Crippen LogP contribution in [0.4, 0.5) is 0 Å². The Morgan fingerprint density at radius 1 is 1.20 bits per heavy atom. The summed E-state index contributed by atoms with van der Waals surface area (Å²) in [6.07, 6.45) is 5.08. The molecule has 3 heteroatoms. The third-order valence-electron chi connectivity index (χ3n) is 2.27. The number of hydrogen-bond acceptors (Lipinski definition) is 3. The molecule has 0 radical (unpaired) electrons. The normalized spacial score (nSPS) is 10.0. The Balaban J connectivity index is 2.61. The number of aromatic nitrogens is 2. The van der Waals surface area contributed by atoms with Crippen LogP contribution in [0, 0.1) is 6.92 Å². The van der Waals surface area contributed by atoms with Crippen molar-refractivity contribution in [3.8, 4) is 17.0 Å². The van der Waals surface area contributed by atoms with Gasteiger partial charge in [0.05, 0.1) is 19.0 Å². The van der Waals surface area contributed by atoms with Crippen molar-refractivity contribution in [2.75, 3.05) is 7.11 Å². The first-order chi connectivity index (χ1) is 7.33. The zero-order valence-corrected chi connectivity index (χ0v) is 8.77. The van der Waals surface area contributed by atoms with Gasteiger partial charge in [-0.05, 0) is 18.6 Å². The maximum Gasteiger partial charge on any atom is 0.128 e. The predicted molar refractivity (Wildman–Crippen MR) is 58.8 cm³/mol. The molecule has 2 rings (SSSR count). The molecular weight excluding hydrogens is 188 g/mol. The molecule has 0 N–H and O–H groups in total. The fourth-order valence-electron chi connectivity index (χ4n) is 1.57. The summed E-state index contributed by atoms with van der Waals surface area (Å²) >= 11 is 0. The molecule has 0 spiro atoms. The predicted octanol–water partition coefficient (Wildman–Crippen LogP) is 2.46. The Hall–Kier alpha value is -1.90. The van der Waals surface area contributed by atoms with Crippen LogP contribution in [0.15, 0.2) is 36.8 Å². The van der Waals surface area contributed by atoms with E-state index in [9.17, 15) is 0 Å². The van der Waals surface area contributed by atoms with Crippen LogP contribution in [-0.2, 0) is 0 Å². The molecule has 0 aliphatic carbocycles. The van der Waals surface area contributed by atoms with E-state index in [2.05, 4.69) is 9.97 Å². The lowest BCUT2D eigenvalue weighted by molar-refractivity contribution is 0.416. The van der Waals surface area contributed by atoms with Gasteiger partial charge in [0.15, 0.2) is 0 Å². The second-order valence-corrected chi connectivity index (χ2v) is 3.24. The molecule has 0 saturated carbocycles. The maximum absolute atomic E-state index is 5.31. The van der Waals surface area contributed by atoms with Crippen LogP contribution in [0.3, 0.4) is 0 Å². The quantitative estimate of drug-likeness (QED) is 0.747. The summed E-state index contributed by atoms with van der Waals surface area (Å²) in [6, 6.07) is 5.93. The lowest BCUT2D eigenvalue weighted by Gasteiger charge is -2.09. The Morgan fingerprint density at radius 2 is 2.07 bits per heavy atom. The van der Waals surface area contributed by atoms with Crippen LogP contribution in [0.2, 0.25) is 0 Å². The van der Waals surface area contributed by atoms with E-state index in [0.29, 0.717) is 0 Å². The highest BCUT2D eigenvalue weighted by molar-refractivity contribution is 5.70. The fourth-order valence-corrected chi connectivity index (χ4v) is 1.57. The molecule has 1 heterocycles. The summed E-state index contributed by atoms with van der Waals surface area (Å²) in [6.45, 7) is 2.03. The molecule has 0 atom stereocenters. The molecule has 15 heavy (non-hydrogen) atoms. The largest absolute Gasteiger partial charge is 0.496 e. The molecule has 1 aromatic carbocycles. The van der Waals surface area contributed by atoms with Crippen molar-refractivity contribution in [2.45, 2.75) is 6.92 Å². The molecule has 0 aliphatic heterocycles. The van der Waals surface area contributed by atoms with E-state index in [1.54, 1.807) is 25.7 Å². The second-order valence-electron chi connectivity index (χ2n) is 3.24. The van der Waals surface area contributed by atoms with Gasteiger partial charge in [-0.3, -0.25) is 9.97 Å².